The monoisotopic (exact) mass is 368 g/mol. The van der Waals surface area contributed by atoms with E-state index in [1.165, 1.54) is 21.3 Å². The summed E-state index contributed by atoms with van der Waals surface area (Å²) in [7, 11) is 2.49. The van der Waals surface area contributed by atoms with Crippen LogP contribution in [0.15, 0.2) is 23.1 Å². The van der Waals surface area contributed by atoms with Gasteiger partial charge in [-0.3, -0.25) is 9.00 Å². The third kappa shape index (κ3) is 5.73. The van der Waals surface area contributed by atoms with E-state index < -0.39 is 29.3 Å². The summed E-state index contributed by atoms with van der Waals surface area (Å²) >= 11 is 0.868. The summed E-state index contributed by atoms with van der Waals surface area (Å²) in [5.74, 6) is -1.01. The van der Waals surface area contributed by atoms with Gasteiger partial charge < -0.3 is 18.9 Å². The van der Waals surface area contributed by atoms with Crippen LogP contribution in [0.3, 0.4) is 0 Å². The molecule has 0 radical (unpaired) electrons. The summed E-state index contributed by atoms with van der Waals surface area (Å²) in [5, 5.41) is 8.63. The normalized spacial score (nSPS) is 12.9. The van der Waals surface area contributed by atoms with Gasteiger partial charge in [-0.25, -0.2) is 4.57 Å². The van der Waals surface area contributed by atoms with Crippen LogP contribution < -0.4 is 4.74 Å². The molecule has 0 bridgehead atoms. The molecule has 0 aliphatic rings. The molecular weight excluding hydrogens is 351 g/mol. The summed E-state index contributed by atoms with van der Waals surface area (Å²) in [6.45, 7) is -3.35. The van der Waals surface area contributed by atoms with Crippen LogP contribution in [0, 0.1) is 0 Å². The van der Waals surface area contributed by atoms with Crippen LogP contribution in [0.25, 0.3) is 0 Å². The summed E-state index contributed by atoms with van der Waals surface area (Å²) < 4.78 is 38.8. The van der Waals surface area contributed by atoms with E-state index in [4.69, 9.17) is 18.9 Å². The van der Waals surface area contributed by atoms with E-state index in [-0.39, 0.29) is 5.75 Å². The molecule has 0 saturated heterocycles. The van der Waals surface area contributed by atoms with Crippen molar-refractivity contribution >= 4 is 34.9 Å². The number of carboxylic acids is 1. The molecule has 22 heavy (non-hydrogen) atoms. The van der Waals surface area contributed by atoms with Crippen molar-refractivity contribution in [2.24, 2.45) is 0 Å². The Hall–Kier alpha value is -0.860. The van der Waals surface area contributed by atoms with E-state index in [0.717, 1.165) is 11.4 Å². The maximum atomic E-state index is 12.2. The first kappa shape index (κ1) is 19.2. The van der Waals surface area contributed by atoms with E-state index in [1.54, 1.807) is 18.2 Å². The molecule has 0 aliphatic carbocycles. The van der Waals surface area contributed by atoms with Crippen molar-refractivity contribution in [3.8, 4) is 5.75 Å². The molecule has 1 N–H and O–H groups in total. The lowest BCUT2D eigenvalue weighted by Gasteiger charge is -2.15. The van der Waals surface area contributed by atoms with E-state index in [1.807, 2.05) is 0 Å². The molecule has 10 heteroatoms. The van der Waals surface area contributed by atoms with Gasteiger partial charge in [-0.1, -0.05) is 6.07 Å². The Kier molecular flexibility index (Phi) is 7.58. The van der Waals surface area contributed by atoms with Gasteiger partial charge in [-0.15, -0.1) is 0 Å². The van der Waals surface area contributed by atoms with Crippen LogP contribution in [-0.2, 0) is 35.0 Å². The summed E-state index contributed by atoms with van der Waals surface area (Å²) in [6.07, 6.45) is 0. The van der Waals surface area contributed by atoms with Crippen molar-refractivity contribution in [1.82, 2.24) is 0 Å². The highest BCUT2D eigenvalue weighted by Gasteiger charge is 2.25. The fraction of sp³-hybridized carbons (Fsp3) is 0.417. The molecule has 0 aromatic heterocycles. The number of ether oxygens (including phenoxy) is 1. The zero-order chi connectivity index (χ0) is 16.8. The number of benzene rings is 1. The summed E-state index contributed by atoms with van der Waals surface area (Å²) in [4.78, 5) is 11.0. The highest BCUT2D eigenvalue weighted by Crippen LogP contribution is 2.63. The van der Waals surface area contributed by atoms with Crippen LogP contribution >= 0.6 is 18.2 Å². The van der Waals surface area contributed by atoms with Crippen molar-refractivity contribution in [2.45, 2.75) is 10.6 Å². The quantitative estimate of drug-likeness (QED) is 0.664. The second kappa shape index (κ2) is 8.69. The molecule has 0 amide bonds. The Bertz CT molecular complexity index is 597. The molecule has 0 spiro atoms. The Morgan fingerprint density at radius 1 is 1.32 bits per heavy atom. The largest absolute Gasteiger partial charge is 0.496 e. The minimum atomic E-state index is -3.35. The van der Waals surface area contributed by atoms with Crippen LogP contribution in [0.1, 0.15) is 5.56 Å². The van der Waals surface area contributed by atoms with Crippen molar-refractivity contribution in [3.05, 3.63) is 23.8 Å². The van der Waals surface area contributed by atoms with Gasteiger partial charge in [-0.05, 0) is 29.1 Å². The molecule has 1 unspecified atom stereocenters. The minimum Gasteiger partial charge on any atom is -0.496 e. The fourth-order valence-corrected chi connectivity index (χ4v) is 5.04. The number of carboxylic acid groups (broad SMARTS) is 1. The molecule has 0 saturated carbocycles. The zero-order valence-corrected chi connectivity index (χ0v) is 14.8. The molecule has 124 valence electrons. The Labute approximate surface area is 135 Å². The van der Waals surface area contributed by atoms with Gasteiger partial charge in [0.05, 0.1) is 12.0 Å². The maximum absolute atomic E-state index is 12.2. The summed E-state index contributed by atoms with van der Waals surface area (Å²) in [5.41, 5.74) is 0.640. The van der Waals surface area contributed by atoms with Gasteiger partial charge in [0.2, 0.25) is 0 Å². The first-order valence-electron chi connectivity index (χ1n) is 5.98. The molecule has 1 rings (SSSR count). The van der Waals surface area contributed by atoms with E-state index in [9.17, 15) is 13.6 Å². The lowest BCUT2D eigenvalue weighted by molar-refractivity contribution is -0.133. The molecule has 0 aliphatic heterocycles. The van der Waals surface area contributed by atoms with Gasteiger partial charge in [0, 0.05) is 30.8 Å². The van der Waals surface area contributed by atoms with Crippen molar-refractivity contribution in [1.29, 1.82) is 0 Å². The van der Waals surface area contributed by atoms with Gasteiger partial charge in [0.15, 0.2) is 0 Å². The zero-order valence-electron chi connectivity index (χ0n) is 12.3. The fourth-order valence-electron chi connectivity index (χ4n) is 1.53. The van der Waals surface area contributed by atoms with E-state index in [0.29, 0.717) is 16.2 Å². The standard InChI is InChI=1S/C12H17O7PS2/c1-17-10-5-4-9(7-22(16)8-12(13)14)6-11(10)21-20(15,18-2)19-3/h4-6H,7-8H2,1-3H3,(H,13,14). The highest BCUT2D eigenvalue weighted by atomic mass is 32.7. The lowest BCUT2D eigenvalue weighted by atomic mass is 10.2. The maximum Gasteiger partial charge on any atom is 0.393 e. The third-order valence-corrected chi connectivity index (χ3v) is 7.51. The van der Waals surface area contributed by atoms with Gasteiger partial charge in [0.25, 0.3) is 0 Å². The topological polar surface area (TPSA) is 99.1 Å². The SMILES string of the molecule is COc1ccc(CS(=O)CC(=O)O)cc1SP(=O)(OC)OC. The number of aliphatic carboxylic acids is 1. The lowest BCUT2D eigenvalue weighted by Crippen LogP contribution is -2.10. The number of hydrogen-bond donors (Lipinski definition) is 1. The highest BCUT2D eigenvalue weighted by molar-refractivity contribution is 8.55. The molecule has 1 aromatic rings. The van der Waals surface area contributed by atoms with Crippen molar-refractivity contribution < 1.29 is 32.5 Å². The van der Waals surface area contributed by atoms with Crippen LogP contribution in [0.5, 0.6) is 5.75 Å². The molecular formula is C12H17O7PS2. The number of carbonyl (C=O) groups is 1. The van der Waals surface area contributed by atoms with E-state index in [2.05, 4.69) is 0 Å². The van der Waals surface area contributed by atoms with Crippen LogP contribution in [0.2, 0.25) is 0 Å². The van der Waals surface area contributed by atoms with Gasteiger partial charge in [0.1, 0.15) is 11.5 Å². The molecule has 1 aromatic carbocycles. The first-order chi connectivity index (χ1) is 10.3. The van der Waals surface area contributed by atoms with E-state index >= 15 is 0 Å². The van der Waals surface area contributed by atoms with Gasteiger partial charge in [-0.2, -0.15) is 0 Å². The third-order valence-electron chi connectivity index (χ3n) is 2.50. The second-order valence-electron chi connectivity index (χ2n) is 4.01. The van der Waals surface area contributed by atoms with Gasteiger partial charge >= 0.3 is 12.8 Å². The average Bonchev–Trinajstić information content (AvgIpc) is 2.46. The summed E-state index contributed by atoms with van der Waals surface area (Å²) in [6, 6.07) is 4.94. The van der Waals surface area contributed by atoms with Crippen molar-refractivity contribution in [3.63, 3.8) is 0 Å². The Morgan fingerprint density at radius 2 is 1.95 bits per heavy atom. The minimum absolute atomic E-state index is 0.0775. The van der Waals surface area contributed by atoms with Crippen LogP contribution in [0.4, 0.5) is 0 Å². The number of hydrogen-bond acceptors (Lipinski definition) is 7. The second-order valence-corrected chi connectivity index (χ2v) is 9.60. The first-order valence-corrected chi connectivity index (χ1v) is 10.4. The molecule has 0 heterocycles. The number of rotatable bonds is 9. The molecule has 7 nitrogen and oxygen atoms in total. The van der Waals surface area contributed by atoms with Crippen molar-refractivity contribution in [2.75, 3.05) is 27.1 Å². The predicted octanol–water partition coefficient (Wildman–Crippen LogP) is 2.52. The number of methoxy groups -OCH3 is 1. The smallest absolute Gasteiger partial charge is 0.393 e. The Morgan fingerprint density at radius 3 is 2.45 bits per heavy atom. The Balaban J connectivity index is 3.01. The molecule has 1 atom stereocenters. The van der Waals surface area contributed by atoms with Crippen LogP contribution in [-0.4, -0.2) is 42.4 Å². The average molecular weight is 368 g/mol. The predicted molar refractivity (Wildman–Crippen MR) is 84.8 cm³/mol. The molecule has 0 fully saturated rings.